The fraction of sp³-hybridized carbons (Fsp3) is 0.545. The predicted molar refractivity (Wildman–Crippen MR) is 52.7 cm³/mol. The third-order valence-corrected chi connectivity index (χ3v) is 3.09. The van der Waals surface area contributed by atoms with Gasteiger partial charge in [0.05, 0.1) is 6.61 Å². The molecule has 2 saturated heterocycles. The van der Waals surface area contributed by atoms with Gasteiger partial charge in [0.15, 0.2) is 0 Å². The molecule has 0 bridgehead atoms. The Bertz CT molecular complexity index is 337. The monoisotopic (exact) mass is 207 g/mol. The highest BCUT2D eigenvalue weighted by Crippen LogP contribution is 2.42. The van der Waals surface area contributed by atoms with Crippen molar-refractivity contribution in [3.63, 3.8) is 0 Å². The van der Waals surface area contributed by atoms with Gasteiger partial charge in [0.2, 0.25) is 5.91 Å². The van der Waals surface area contributed by atoms with E-state index in [0.29, 0.717) is 25.8 Å². The van der Waals surface area contributed by atoms with E-state index in [1.54, 1.807) is 4.90 Å². The van der Waals surface area contributed by atoms with Gasteiger partial charge in [-0.25, -0.2) is 4.79 Å². The molecule has 0 aromatic rings. The first kappa shape index (κ1) is 10.2. The Hall–Kier alpha value is -1.32. The molecule has 0 saturated carbocycles. The number of ether oxygens (including phenoxy) is 1. The van der Waals surface area contributed by atoms with Crippen LogP contribution < -0.4 is 0 Å². The summed E-state index contributed by atoms with van der Waals surface area (Å²) in [6.45, 7) is 9.33. The van der Waals surface area contributed by atoms with Gasteiger partial charge >= 0.3 is 5.97 Å². The van der Waals surface area contributed by atoms with Crippen molar-refractivity contribution in [1.29, 1.82) is 0 Å². The number of hydrogen-bond acceptors (Lipinski definition) is 3. The highest BCUT2D eigenvalue weighted by Gasteiger charge is 2.55. The van der Waals surface area contributed by atoms with Crippen LogP contribution in [0, 0.1) is 6.92 Å². The highest BCUT2D eigenvalue weighted by molar-refractivity contribution is 5.93. The van der Waals surface area contributed by atoms with E-state index >= 15 is 0 Å². The van der Waals surface area contributed by atoms with Crippen LogP contribution in [0.1, 0.15) is 19.3 Å². The zero-order valence-electron chi connectivity index (χ0n) is 8.49. The molecule has 1 amide bonds. The number of carbonyl (C=O) groups excluding carboxylic acids is 2. The zero-order valence-corrected chi connectivity index (χ0v) is 8.49. The van der Waals surface area contributed by atoms with Crippen LogP contribution in [0.15, 0.2) is 12.2 Å². The van der Waals surface area contributed by atoms with Gasteiger partial charge in [0.25, 0.3) is 0 Å². The normalized spacial score (nSPS) is 29.5. The van der Waals surface area contributed by atoms with Crippen LogP contribution in [0.25, 0.3) is 0 Å². The third kappa shape index (κ3) is 1.35. The summed E-state index contributed by atoms with van der Waals surface area (Å²) in [6, 6.07) is 0. The maximum atomic E-state index is 11.8. The van der Waals surface area contributed by atoms with E-state index in [0.717, 1.165) is 5.57 Å². The summed E-state index contributed by atoms with van der Waals surface area (Å²) in [5.74, 6) is -0.392. The molecule has 2 aliphatic rings. The standard InChI is InChI=1S/C11H13NO3/c1-3-15-10(14)11-5-4-9(13)12(11)7-8(2)6-11/h1H,2-7H2/t11-/m0/s1. The van der Waals surface area contributed by atoms with E-state index in [4.69, 9.17) is 11.7 Å². The summed E-state index contributed by atoms with van der Waals surface area (Å²) in [6.07, 6.45) is 1.44. The van der Waals surface area contributed by atoms with E-state index < -0.39 is 11.5 Å². The molecule has 80 valence electrons. The first-order chi connectivity index (χ1) is 7.10. The summed E-state index contributed by atoms with van der Waals surface area (Å²) >= 11 is 0. The second-order valence-electron chi connectivity index (χ2n) is 4.04. The molecule has 2 aliphatic heterocycles. The third-order valence-electron chi connectivity index (χ3n) is 3.09. The number of amides is 1. The average Bonchev–Trinajstić information content (AvgIpc) is 2.66. The Kier molecular flexibility index (Phi) is 2.29. The number of carbonyl (C=O) groups is 2. The van der Waals surface area contributed by atoms with Gasteiger partial charge in [0.1, 0.15) is 5.54 Å². The molecule has 1 atom stereocenters. The van der Waals surface area contributed by atoms with Gasteiger partial charge in [-0.1, -0.05) is 12.2 Å². The fourth-order valence-electron chi connectivity index (χ4n) is 2.43. The molecule has 2 radical (unpaired) electrons. The second kappa shape index (κ2) is 3.36. The topological polar surface area (TPSA) is 46.6 Å². The molecule has 0 N–H and O–H groups in total. The molecule has 0 unspecified atom stereocenters. The lowest BCUT2D eigenvalue weighted by atomic mass is 9.93. The maximum Gasteiger partial charge on any atom is 0.332 e. The summed E-state index contributed by atoms with van der Waals surface area (Å²) in [5.41, 5.74) is 0.102. The number of hydrogen-bond donors (Lipinski definition) is 0. The van der Waals surface area contributed by atoms with Crippen LogP contribution in [0.5, 0.6) is 0 Å². The van der Waals surface area contributed by atoms with Crippen LogP contribution in [-0.4, -0.2) is 35.5 Å². The van der Waals surface area contributed by atoms with Crippen molar-refractivity contribution in [2.24, 2.45) is 0 Å². The van der Waals surface area contributed by atoms with Gasteiger partial charge < -0.3 is 9.64 Å². The van der Waals surface area contributed by atoms with Gasteiger partial charge in [-0.2, -0.15) is 0 Å². The van der Waals surface area contributed by atoms with Crippen molar-refractivity contribution in [2.45, 2.75) is 24.8 Å². The van der Waals surface area contributed by atoms with Gasteiger partial charge in [-0.3, -0.25) is 4.79 Å². The summed E-state index contributed by atoms with van der Waals surface area (Å²) in [7, 11) is 0. The van der Waals surface area contributed by atoms with Crippen molar-refractivity contribution in [3.05, 3.63) is 19.1 Å². The van der Waals surface area contributed by atoms with Crippen molar-refractivity contribution in [1.82, 2.24) is 4.90 Å². The lowest BCUT2D eigenvalue weighted by molar-refractivity contribution is -0.156. The van der Waals surface area contributed by atoms with Crippen molar-refractivity contribution in [3.8, 4) is 0 Å². The van der Waals surface area contributed by atoms with Crippen molar-refractivity contribution < 1.29 is 14.3 Å². The SMILES string of the molecule is [CH]COC(=O)[C@@]12CCC(=O)N1CC(=C)C2. The minimum absolute atomic E-state index is 0.00243. The van der Waals surface area contributed by atoms with Crippen molar-refractivity contribution in [2.75, 3.05) is 13.2 Å². The van der Waals surface area contributed by atoms with Crippen LogP contribution in [0.4, 0.5) is 0 Å². The minimum Gasteiger partial charge on any atom is -0.464 e. The molecule has 2 fully saturated rings. The van der Waals surface area contributed by atoms with Gasteiger partial charge in [-0.05, 0) is 6.42 Å². The quantitative estimate of drug-likeness (QED) is 0.491. The van der Waals surface area contributed by atoms with Gasteiger partial charge in [-0.15, -0.1) is 0 Å². The van der Waals surface area contributed by atoms with Crippen LogP contribution in [0.2, 0.25) is 0 Å². The second-order valence-corrected chi connectivity index (χ2v) is 4.04. The Morgan fingerprint density at radius 1 is 1.67 bits per heavy atom. The molecular formula is C11H13NO3. The molecule has 15 heavy (non-hydrogen) atoms. The van der Waals surface area contributed by atoms with Gasteiger partial charge in [0, 0.05) is 26.3 Å². The van der Waals surface area contributed by atoms with Crippen molar-refractivity contribution >= 4 is 11.9 Å². The first-order valence-corrected chi connectivity index (χ1v) is 4.94. The number of nitrogens with zero attached hydrogens (tertiary/aromatic N) is 1. The molecule has 0 aromatic carbocycles. The lowest BCUT2D eigenvalue weighted by Gasteiger charge is -2.28. The molecule has 0 aromatic heterocycles. The predicted octanol–water partition coefficient (Wildman–Crippen LogP) is 0.562. The van der Waals surface area contributed by atoms with E-state index in [-0.39, 0.29) is 12.5 Å². The molecule has 0 aliphatic carbocycles. The molecular weight excluding hydrogens is 194 g/mol. The van der Waals surface area contributed by atoms with E-state index in [9.17, 15) is 9.59 Å². The summed E-state index contributed by atoms with van der Waals surface area (Å²) in [4.78, 5) is 24.9. The molecule has 4 nitrogen and oxygen atoms in total. The Morgan fingerprint density at radius 2 is 2.40 bits per heavy atom. The first-order valence-electron chi connectivity index (χ1n) is 4.94. The van der Waals surface area contributed by atoms with E-state index in [2.05, 4.69) is 6.58 Å². The fourth-order valence-corrected chi connectivity index (χ4v) is 2.43. The van der Waals surface area contributed by atoms with Crippen LogP contribution in [0.3, 0.4) is 0 Å². The molecule has 4 heteroatoms. The Balaban J connectivity index is 2.28. The van der Waals surface area contributed by atoms with Crippen LogP contribution in [-0.2, 0) is 14.3 Å². The average molecular weight is 207 g/mol. The lowest BCUT2D eigenvalue weighted by Crippen LogP contribution is -2.48. The zero-order chi connectivity index (χ0) is 11.1. The molecule has 0 spiro atoms. The highest BCUT2D eigenvalue weighted by atomic mass is 16.5. The number of rotatable bonds is 2. The number of esters is 1. The largest absolute Gasteiger partial charge is 0.464 e. The Morgan fingerprint density at radius 3 is 3.07 bits per heavy atom. The van der Waals surface area contributed by atoms with E-state index in [1.165, 1.54) is 0 Å². The minimum atomic E-state index is -0.798. The molecule has 2 heterocycles. The molecule has 2 rings (SSSR count). The van der Waals surface area contributed by atoms with Crippen LogP contribution >= 0.6 is 0 Å². The number of fused-ring (bicyclic) bond motifs is 1. The smallest absolute Gasteiger partial charge is 0.332 e. The maximum absolute atomic E-state index is 11.8. The summed E-state index contributed by atoms with van der Waals surface area (Å²) < 4.78 is 4.83. The Labute approximate surface area is 88.9 Å². The summed E-state index contributed by atoms with van der Waals surface area (Å²) in [5, 5.41) is 0. The van der Waals surface area contributed by atoms with E-state index in [1.807, 2.05) is 0 Å².